The lowest BCUT2D eigenvalue weighted by Gasteiger charge is -2.51. The molecule has 1 saturated heterocycles. The Hall–Kier alpha value is -0.860. The van der Waals surface area contributed by atoms with Gasteiger partial charge in [-0.1, -0.05) is 63.4 Å². The van der Waals surface area contributed by atoms with Crippen LogP contribution in [0.2, 0.25) is 0 Å². The molecule has 1 saturated carbocycles. The highest BCUT2D eigenvalue weighted by Crippen LogP contribution is 2.34. The van der Waals surface area contributed by atoms with Crippen molar-refractivity contribution in [3.63, 3.8) is 0 Å². The quantitative estimate of drug-likeness (QED) is 0.854. The third-order valence-electron chi connectivity index (χ3n) is 6.53. The highest BCUT2D eigenvalue weighted by atomic mass is 15.3. The van der Waals surface area contributed by atoms with Crippen molar-refractivity contribution in [2.24, 2.45) is 5.92 Å². The fraction of sp³-hybridized carbons (Fsp3) is 0.714. The van der Waals surface area contributed by atoms with Gasteiger partial charge in [0.25, 0.3) is 0 Å². The van der Waals surface area contributed by atoms with Gasteiger partial charge in [0.1, 0.15) is 0 Å². The van der Waals surface area contributed by atoms with E-state index >= 15 is 0 Å². The lowest BCUT2D eigenvalue weighted by molar-refractivity contribution is 0.00811. The molecule has 0 radical (unpaired) electrons. The fourth-order valence-electron chi connectivity index (χ4n) is 4.76. The summed E-state index contributed by atoms with van der Waals surface area (Å²) in [6.07, 6.45) is 9.67. The standard InChI is InChI=1S/C21H34N2/c1-3-21(4-2)17-22-20(19-13-9-6-10-14-19)16-23(21)15-18-11-7-5-8-12-18/h5,7-8,11-12,19-20,22H,3-4,6,9-10,13-17H2,1-2H3. The molecule has 2 fully saturated rings. The molecule has 1 aliphatic carbocycles. The first-order valence-electron chi connectivity index (χ1n) is 9.80. The van der Waals surface area contributed by atoms with Crippen molar-refractivity contribution in [3.8, 4) is 0 Å². The summed E-state index contributed by atoms with van der Waals surface area (Å²) in [5.74, 6) is 0.897. The van der Waals surface area contributed by atoms with Crippen molar-refractivity contribution in [2.45, 2.75) is 76.9 Å². The first-order valence-corrected chi connectivity index (χ1v) is 9.80. The number of nitrogens with one attached hydrogen (secondary N) is 1. The lowest BCUT2D eigenvalue weighted by atomic mass is 9.79. The number of benzene rings is 1. The molecule has 0 spiro atoms. The van der Waals surface area contributed by atoms with Crippen LogP contribution >= 0.6 is 0 Å². The second-order valence-electron chi connectivity index (χ2n) is 7.68. The van der Waals surface area contributed by atoms with Gasteiger partial charge in [0.05, 0.1) is 0 Å². The lowest BCUT2D eigenvalue weighted by Crippen LogP contribution is -2.65. The van der Waals surface area contributed by atoms with Crippen molar-refractivity contribution in [2.75, 3.05) is 13.1 Å². The molecule has 1 atom stereocenters. The Labute approximate surface area is 142 Å². The average Bonchev–Trinajstić information content (AvgIpc) is 2.63. The van der Waals surface area contributed by atoms with Gasteiger partial charge in [0, 0.05) is 31.2 Å². The van der Waals surface area contributed by atoms with Gasteiger partial charge in [-0.15, -0.1) is 0 Å². The molecule has 1 aromatic rings. The molecular formula is C21H34N2. The summed E-state index contributed by atoms with van der Waals surface area (Å²) in [5, 5.41) is 3.96. The Morgan fingerprint density at radius 1 is 1.04 bits per heavy atom. The number of piperazine rings is 1. The molecule has 3 rings (SSSR count). The molecule has 2 aliphatic rings. The zero-order chi connectivity index (χ0) is 16.1. The Balaban J connectivity index is 1.74. The Morgan fingerprint density at radius 2 is 1.74 bits per heavy atom. The average molecular weight is 315 g/mol. The SMILES string of the molecule is CCC1(CC)CNC(C2CCCCC2)CN1Cc1ccccc1. The van der Waals surface area contributed by atoms with Crippen LogP contribution in [0.15, 0.2) is 30.3 Å². The number of hydrogen-bond acceptors (Lipinski definition) is 2. The molecule has 23 heavy (non-hydrogen) atoms. The van der Waals surface area contributed by atoms with E-state index in [4.69, 9.17) is 0 Å². The van der Waals surface area contributed by atoms with E-state index in [2.05, 4.69) is 54.4 Å². The molecule has 0 amide bonds. The topological polar surface area (TPSA) is 15.3 Å². The normalized spacial score (nSPS) is 26.3. The minimum absolute atomic E-state index is 0.334. The molecule has 0 bridgehead atoms. The van der Waals surface area contributed by atoms with E-state index in [-0.39, 0.29) is 0 Å². The molecule has 128 valence electrons. The minimum atomic E-state index is 0.334. The summed E-state index contributed by atoms with van der Waals surface area (Å²) in [6.45, 7) is 8.22. The van der Waals surface area contributed by atoms with Crippen LogP contribution in [-0.2, 0) is 6.54 Å². The first kappa shape index (κ1) is 17.0. The molecule has 0 aromatic heterocycles. The predicted molar refractivity (Wildman–Crippen MR) is 98.5 cm³/mol. The second kappa shape index (κ2) is 7.81. The maximum Gasteiger partial charge on any atom is 0.0333 e. The van der Waals surface area contributed by atoms with Gasteiger partial charge < -0.3 is 5.32 Å². The zero-order valence-electron chi connectivity index (χ0n) is 15.1. The van der Waals surface area contributed by atoms with Gasteiger partial charge in [-0.3, -0.25) is 4.90 Å². The molecule has 1 N–H and O–H groups in total. The molecule has 2 nitrogen and oxygen atoms in total. The summed E-state index contributed by atoms with van der Waals surface area (Å²) in [7, 11) is 0. The fourth-order valence-corrected chi connectivity index (χ4v) is 4.76. The van der Waals surface area contributed by atoms with Gasteiger partial charge in [0.2, 0.25) is 0 Å². The van der Waals surface area contributed by atoms with Crippen LogP contribution in [0.5, 0.6) is 0 Å². The monoisotopic (exact) mass is 314 g/mol. The smallest absolute Gasteiger partial charge is 0.0333 e. The maximum atomic E-state index is 3.96. The summed E-state index contributed by atoms with van der Waals surface area (Å²) >= 11 is 0. The Kier molecular flexibility index (Phi) is 5.76. The Bertz CT molecular complexity index is 460. The van der Waals surface area contributed by atoms with Crippen LogP contribution in [0, 0.1) is 5.92 Å². The van der Waals surface area contributed by atoms with Crippen molar-refractivity contribution < 1.29 is 0 Å². The third kappa shape index (κ3) is 3.80. The predicted octanol–water partition coefficient (Wildman–Crippen LogP) is 4.60. The first-order chi connectivity index (χ1) is 11.3. The van der Waals surface area contributed by atoms with Crippen molar-refractivity contribution in [1.29, 1.82) is 0 Å². The van der Waals surface area contributed by atoms with E-state index in [1.165, 1.54) is 57.1 Å². The van der Waals surface area contributed by atoms with Crippen molar-refractivity contribution in [3.05, 3.63) is 35.9 Å². The van der Waals surface area contributed by atoms with E-state index in [1.807, 2.05) is 0 Å². The summed E-state index contributed by atoms with van der Waals surface area (Å²) < 4.78 is 0. The van der Waals surface area contributed by atoms with Gasteiger partial charge in [-0.2, -0.15) is 0 Å². The summed E-state index contributed by atoms with van der Waals surface area (Å²) in [6, 6.07) is 11.7. The van der Waals surface area contributed by atoms with E-state index in [9.17, 15) is 0 Å². The molecule has 1 aliphatic heterocycles. The van der Waals surface area contributed by atoms with Gasteiger partial charge >= 0.3 is 0 Å². The molecule has 1 unspecified atom stereocenters. The Morgan fingerprint density at radius 3 is 2.39 bits per heavy atom. The van der Waals surface area contributed by atoms with Crippen molar-refractivity contribution >= 4 is 0 Å². The van der Waals surface area contributed by atoms with E-state index in [0.29, 0.717) is 11.6 Å². The number of hydrogen-bond donors (Lipinski definition) is 1. The van der Waals surface area contributed by atoms with Crippen LogP contribution in [-0.4, -0.2) is 29.6 Å². The minimum Gasteiger partial charge on any atom is -0.311 e. The van der Waals surface area contributed by atoms with Gasteiger partial charge in [-0.25, -0.2) is 0 Å². The molecule has 1 heterocycles. The largest absolute Gasteiger partial charge is 0.311 e. The van der Waals surface area contributed by atoms with Crippen LogP contribution in [0.25, 0.3) is 0 Å². The van der Waals surface area contributed by atoms with Gasteiger partial charge in [0.15, 0.2) is 0 Å². The van der Waals surface area contributed by atoms with E-state index in [0.717, 1.165) is 19.0 Å². The summed E-state index contributed by atoms with van der Waals surface area (Å²) in [5.41, 5.74) is 1.80. The maximum absolute atomic E-state index is 3.96. The highest BCUT2D eigenvalue weighted by molar-refractivity contribution is 5.16. The highest BCUT2D eigenvalue weighted by Gasteiger charge is 2.40. The van der Waals surface area contributed by atoms with Crippen LogP contribution in [0.3, 0.4) is 0 Å². The van der Waals surface area contributed by atoms with Crippen LogP contribution < -0.4 is 5.32 Å². The van der Waals surface area contributed by atoms with E-state index < -0.39 is 0 Å². The zero-order valence-corrected chi connectivity index (χ0v) is 15.1. The molecular weight excluding hydrogens is 280 g/mol. The number of nitrogens with zero attached hydrogens (tertiary/aromatic N) is 1. The molecule has 1 aromatic carbocycles. The van der Waals surface area contributed by atoms with Crippen LogP contribution in [0.4, 0.5) is 0 Å². The molecule has 2 heteroatoms. The summed E-state index contributed by atoms with van der Waals surface area (Å²) in [4.78, 5) is 2.80. The number of rotatable bonds is 5. The van der Waals surface area contributed by atoms with Crippen molar-refractivity contribution in [1.82, 2.24) is 10.2 Å². The van der Waals surface area contributed by atoms with Crippen LogP contribution in [0.1, 0.15) is 64.4 Å². The second-order valence-corrected chi connectivity index (χ2v) is 7.68. The third-order valence-corrected chi connectivity index (χ3v) is 6.53. The van der Waals surface area contributed by atoms with E-state index in [1.54, 1.807) is 0 Å². The van der Waals surface area contributed by atoms with Gasteiger partial charge in [-0.05, 0) is 37.2 Å².